The van der Waals surface area contributed by atoms with Gasteiger partial charge in [-0.1, -0.05) is 0 Å². The summed E-state index contributed by atoms with van der Waals surface area (Å²) in [6.45, 7) is 3.41. The number of carbonyl (C=O) groups excluding carboxylic acids is 3. The van der Waals surface area contributed by atoms with Crippen LogP contribution in [0.5, 0.6) is 11.5 Å². The number of ether oxygens (including phenoxy) is 4. The quantitative estimate of drug-likeness (QED) is 0.558. The van der Waals surface area contributed by atoms with Gasteiger partial charge in [-0.3, -0.25) is 14.4 Å². The van der Waals surface area contributed by atoms with Crippen LogP contribution in [0.2, 0.25) is 0 Å². The second-order valence-electron chi connectivity index (χ2n) is 7.60. The van der Waals surface area contributed by atoms with Crippen LogP contribution in [0.25, 0.3) is 0 Å². The predicted octanol–water partition coefficient (Wildman–Crippen LogP) is 2.26. The second-order valence-corrected chi connectivity index (χ2v) is 7.60. The number of hydrogen-bond donors (Lipinski definition) is 1. The van der Waals surface area contributed by atoms with Crippen LogP contribution in [-0.2, 0) is 35.8 Å². The van der Waals surface area contributed by atoms with Gasteiger partial charge < -0.3 is 24.3 Å². The molecule has 2 aliphatic rings. The lowest BCUT2D eigenvalue weighted by molar-refractivity contribution is -0.179. The van der Waals surface area contributed by atoms with Crippen LogP contribution in [0.15, 0.2) is 12.1 Å². The van der Waals surface area contributed by atoms with E-state index >= 15 is 0 Å². The average molecular weight is 419 g/mol. The molecule has 8 nitrogen and oxygen atoms in total. The number of rotatable bonds is 6. The molecule has 1 N–H and O–H groups in total. The van der Waals surface area contributed by atoms with Crippen molar-refractivity contribution in [3.8, 4) is 11.5 Å². The number of amides is 1. The average Bonchev–Trinajstić information content (AvgIpc) is 2.73. The van der Waals surface area contributed by atoms with Gasteiger partial charge >= 0.3 is 11.9 Å². The lowest BCUT2D eigenvalue weighted by atomic mass is 9.66. The zero-order valence-electron chi connectivity index (χ0n) is 18.0. The molecule has 1 spiro atoms. The van der Waals surface area contributed by atoms with Crippen LogP contribution in [0.1, 0.15) is 50.7 Å². The lowest BCUT2D eigenvalue weighted by Crippen LogP contribution is -2.63. The Morgan fingerprint density at radius 2 is 1.57 bits per heavy atom. The third-order valence-corrected chi connectivity index (χ3v) is 6.09. The highest BCUT2D eigenvalue weighted by Gasteiger charge is 2.61. The summed E-state index contributed by atoms with van der Waals surface area (Å²) >= 11 is 0. The number of carbonyl (C=O) groups is 3. The molecular weight excluding hydrogens is 390 g/mol. The molecule has 30 heavy (non-hydrogen) atoms. The number of piperidine rings is 1. The smallest absolute Gasteiger partial charge is 0.333 e. The van der Waals surface area contributed by atoms with Crippen LogP contribution in [0, 0.1) is 5.41 Å². The van der Waals surface area contributed by atoms with Crippen molar-refractivity contribution in [1.29, 1.82) is 0 Å². The summed E-state index contributed by atoms with van der Waals surface area (Å²) in [5, 5.41) is 3.01. The molecule has 164 valence electrons. The van der Waals surface area contributed by atoms with Crippen LogP contribution in [0.3, 0.4) is 0 Å². The van der Waals surface area contributed by atoms with E-state index in [9.17, 15) is 14.4 Å². The van der Waals surface area contributed by atoms with Crippen molar-refractivity contribution in [1.82, 2.24) is 5.32 Å². The number of hydrogen-bond acceptors (Lipinski definition) is 7. The minimum absolute atomic E-state index is 0.0181. The molecule has 0 saturated carbocycles. The molecule has 0 aromatic heterocycles. The van der Waals surface area contributed by atoms with Gasteiger partial charge in [0.15, 0.2) is 11.5 Å². The van der Waals surface area contributed by atoms with Gasteiger partial charge in [0.25, 0.3) is 0 Å². The van der Waals surface area contributed by atoms with Crippen LogP contribution in [0.4, 0.5) is 0 Å². The van der Waals surface area contributed by atoms with E-state index in [1.165, 1.54) is 0 Å². The fourth-order valence-electron chi connectivity index (χ4n) is 4.56. The van der Waals surface area contributed by atoms with Gasteiger partial charge in [-0.2, -0.15) is 0 Å². The summed E-state index contributed by atoms with van der Waals surface area (Å²) in [6.07, 6.45) is 2.81. The molecular formula is C22H29NO7. The minimum atomic E-state index is -1.98. The zero-order chi connectivity index (χ0) is 21.9. The van der Waals surface area contributed by atoms with Crippen molar-refractivity contribution >= 4 is 17.8 Å². The number of fused-ring (bicyclic) bond motifs is 2. The molecule has 8 heteroatoms. The maximum Gasteiger partial charge on any atom is 0.333 e. The van der Waals surface area contributed by atoms with Gasteiger partial charge in [0.1, 0.15) is 0 Å². The Hall–Kier alpha value is -2.77. The minimum Gasteiger partial charge on any atom is -0.493 e. The number of nitrogens with one attached hydrogen (secondary N) is 1. The van der Waals surface area contributed by atoms with Crippen molar-refractivity contribution in [2.24, 2.45) is 5.41 Å². The highest BCUT2D eigenvalue weighted by Crippen LogP contribution is 2.48. The topological polar surface area (TPSA) is 100 Å². The number of aryl methyl sites for hydroxylation is 1. The van der Waals surface area contributed by atoms with E-state index < -0.39 is 28.8 Å². The first kappa shape index (κ1) is 21.9. The fraction of sp³-hybridized carbons (Fsp3) is 0.591. The van der Waals surface area contributed by atoms with E-state index in [4.69, 9.17) is 18.9 Å². The maximum atomic E-state index is 13.3. The fourth-order valence-corrected chi connectivity index (χ4v) is 4.56. The van der Waals surface area contributed by atoms with E-state index in [0.717, 1.165) is 24.0 Å². The van der Waals surface area contributed by atoms with Gasteiger partial charge in [-0.25, -0.2) is 0 Å². The SMILES string of the molecule is CCOC(=O)C1(C(=O)OCC)CCC2(CCCc3cc(OC)c(OC)cc32)NC1=O. The first-order chi connectivity index (χ1) is 14.4. The number of esters is 2. The van der Waals surface area contributed by atoms with Gasteiger partial charge in [0.05, 0.1) is 33.0 Å². The van der Waals surface area contributed by atoms with E-state index in [1.54, 1.807) is 28.1 Å². The molecule has 1 amide bonds. The van der Waals surface area contributed by atoms with Crippen molar-refractivity contribution < 1.29 is 33.3 Å². The Kier molecular flexibility index (Phi) is 6.24. The molecule has 1 saturated heterocycles. The Morgan fingerprint density at radius 3 is 2.10 bits per heavy atom. The Bertz CT molecular complexity index is 832. The molecule has 3 rings (SSSR count). The van der Waals surface area contributed by atoms with E-state index in [1.807, 2.05) is 12.1 Å². The number of benzene rings is 1. The van der Waals surface area contributed by atoms with Crippen molar-refractivity contribution in [2.45, 2.75) is 51.5 Å². The molecule has 1 fully saturated rings. The summed E-state index contributed by atoms with van der Waals surface area (Å²) in [7, 11) is 3.14. The first-order valence-corrected chi connectivity index (χ1v) is 10.3. The molecule has 1 atom stereocenters. The molecule has 0 bridgehead atoms. The normalized spacial score (nSPS) is 21.9. The molecule has 0 radical (unpaired) electrons. The Morgan fingerprint density at radius 1 is 0.967 bits per heavy atom. The van der Waals surface area contributed by atoms with E-state index in [2.05, 4.69) is 5.32 Å². The Balaban J connectivity index is 2.02. The predicted molar refractivity (Wildman–Crippen MR) is 107 cm³/mol. The van der Waals surface area contributed by atoms with Crippen LogP contribution >= 0.6 is 0 Å². The highest BCUT2D eigenvalue weighted by atomic mass is 16.6. The van der Waals surface area contributed by atoms with Crippen molar-refractivity contribution in [3.05, 3.63) is 23.3 Å². The molecule has 1 unspecified atom stereocenters. The lowest BCUT2D eigenvalue weighted by Gasteiger charge is -2.47. The standard InChI is InChI=1S/C22H29NO7/c1-5-29-19(25)22(20(26)30-6-2)11-10-21(23-18(22)24)9-7-8-14-12-16(27-3)17(28-4)13-15(14)21/h12-13H,5-11H2,1-4H3,(H,23,24). The molecule has 1 heterocycles. The maximum absolute atomic E-state index is 13.3. The van der Waals surface area contributed by atoms with Gasteiger partial charge in [-0.05, 0) is 69.2 Å². The van der Waals surface area contributed by atoms with E-state index in [-0.39, 0.29) is 19.6 Å². The molecule has 1 aliphatic carbocycles. The number of methoxy groups -OCH3 is 2. The summed E-state index contributed by atoms with van der Waals surface area (Å²) in [4.78, 5) is 38.8. The van der Waals surface area contributed by atoms with Crippen LogP contribution < -0.4 is 14.8 Å². The molecule has 1 aromatic carbocycles. The molecule has 1 aromatic rings. The van der Waals surface area contributed by atoms with Gasteiger partial charge in [-0.15, -0.1) is 0 Å². The summed E-state index contributed by atoms with van der Waals surface area (Å²) in [5.41, 5.74) is -0.682. The zero-order valence-corrected chi connectivity index (χ0v) is 18.0. The third kappa shape index (κ3) is 3.38. The third-order valence-electron chi connectivity index (χ3n) is 6.09. The monoisotopic (exact) mass is 419 g/mol. The van der Waals surface area contributed by atoms with Crippen molar-refractivity contribution in [3.63, 3.8) is 0 Å². The summed E-state index contributed by atoms with van der Waals surface area (Å²) < 4.78 is 21.1. The largest absolute Gasteiger partial charge is 0.493 e. The first-order valence-electron chi connectivity index (χ1n) is 10.3. The Labute approximate surface area is 176 Å². The van der Waals surface area contributed by atoms with Crippen LogP contribution in [-0.4, -0.2) is 45.3 Å². The van der Waals surface area contributed by atoms with Gasteiger partial charge in [0, 0.05) is 0 Å². The van der Waals surface area contributed by atoms with Crippen molar-refractivity contribution in [2.75, 3.05) is 27.4 Å². The second kappa shape index (κ2) is 8.53. The summed E-state index contributed by atoms with van der Waals surface area (Å²) in [6, 6.07) is 3.81. The summed E-state index contributed by atoms with van der Waals surface area (Å²) in [5.74, 6) is -1.20. The van der Waals surface area contributed by atoms with Gasteiger partial charge in [0.2, 0.25) is 11.3 Å². The highest BCUT2D eigenvalue weighted by molar-refractivity contribution is 6.20. The van der Waals surface area contributed by atoms with E-state index in [0.29, 0.717) is 24.3 Å². The molecule has 1 aliphatic heterocycles.